The molecule has 0 saturated heterocycles. The standard InChI is InChI=1S/C18H23N/c1-4-15-10-12-16(13-11-15)18(19-5-2)17-9-7-6-8-14(17)3/h6-13,18-19H,4-5H2,1-3H3. The normalized spacial score (nSPS) is 12.4. The molecule has 2 rings (SSSR count). The summed E-state index contributed by atoms with van der Waals surface area (Å²) >= 11 is 0. The van der Waals surface area contributed by atoms with Gasteiger partial charge in [-0.25, -0.2) is 0 Å². The zero-order chi connectivity index (χ0) is 13.7. The van der Waals surface area contributed by atoms with Crippen LogP contribution in [0.1, 0.15) is 42.1 Å². The number of rotatable bonds is 5. The van der Waals surface area contributed by atoms with Crippen molar-refractivity contribution in [2.45, 2.75) is 33.2 Å². The third kappa shape index (κ3) is 3.24. The van der Waals surface area contributed by atoms with E-state index in [9.17, 15) is 0 Å². The Morgan fingerprint density at radius 1 is 0.947 bits per heavy atom. The molecule has 19 heavy (non-hydrogen) atoms. The number of benzene rings is 2. The molecular weight excluding hydrogens is 230 g/mol. The molecule has 0 amide bonds. The Hall–Kier alpha value is -1.60. The fourth-order valence-electron chi connectivity index (χ4n) is 2.47. The lowest BCUT2D eigenvalue weighted by Gasteiger charge is -2.21. The lowest BCUT2D eigenvalue weighted by molar-refractivity contribution is 0.627. The second-order valence-corrected chi connectivity index (χ2v) is 4.94. The monoisotopic (exact) mass is 253 g/mol. The molecule has 1 atom stereocenters. The Morgan fingerprint density at radius 2 is 1.63 bits per heavy atom. The van der Waals surface area contributed by atoms with E-state index in [2.05, 4.69) is 74.6 Å². The minimum Gasteiger partial charge on any atom is -0.307 e. The Balaban J connectivity index is 2.36. The van der Waals surface area contributed by atoms with E-state index in [1.165, 1.54) is 22.3 Å². The smallest absolute Gasteiger partial charge is 0.0579 e. The van der Waals surface area contributed by atoms with Crippen molar-refractivity contribution >= 4 is 0 Å². The highest BCUT2D eigenvalue weighted by atomic mass is 14.9. The first kappa shape index (κ1) is 13.8. The molecule has 0 fully saturated rings. The van der Waals surface area contributed by atoms with Crippen LogP contribution in [0.5, 0.6) is 0 Å². The van der Waals surface area contributed by atoms with E-state index in [4.69, 9.17) is 0 Å². The number of nitrogens with one attached hydrogen (secondary N) is 1. The van der Waals surface area contributed by atoms with Gasteiger partial charge in [-0.2, -0.15) is 0 Å². The van der Waals surface area contributed by atoms with E-state index >= 15 is 0 Å². The predicted molar refractivity (Wildman–Crippen MR) is 82.5 cm³/mol. The second-order valence-electron chi connectivity index (χ2n) is 4.94. The van der Waals surface area contributed by atoms with Crippen LogP contribution >= 0.6 is 0 Å². The third-order valence-corrected chi connectivity index (χ3v) is 3.63. The molecule has 100 valence electrons. The predicted octanol–water partition coefficient (Wildman–Crippen LogP) is 4.26. The highest BCUT2D eigenvalue weighted by Crippen LogP contribution is 2.25. The van der Waals surface area contributed by atoms with Crippen LogP contribution in [0.2, 0.25) is 0 Å². The average molecular weight is 253 g/mol. The Labute approximate surface area is 116 Å². The lowest BCUT2D eigenvalue weighted by Crippen LogP contribution is -2.22. The maximum atomic E-state index is 3.59. The molecule has 0 aliphatic heterocycles. The molecule has 0 aromatic heterocycles. The van der Waals surface area contributed by atoms with Gasteiger partial charge in [0.15, 0.2) is 0 Å². The van der Waals surface area contributed by atoms with Crippen molar-refractivity contribution in [2.75, 3.05) is 6.54 Å². The van der Waals surface area contributed by atoms with Gasteiger partial charge in [-0.05, 0) is 42.1 Å². The zero-order valence-electron chi connectivity index (χ0n) is 12.1. The van der Waals surface area contributed by atoms with Gasteiger partial charge in [-0.15, -0.1) is 0 Å². The summed E-state index contributed by atoms with van der Waals surface area (Å²) in [5.74, 6) is 0. The van der Waals surface area contributed by atoms with E-state index < -0.39 is 0 Å². The minimum atomic E-state index is 0.289. The average Bonchev–Trinajstić information content (AvgIpc) is 2.46. The fraction of sp³-hybridized carbons (Fsp3) is 0.333. The van der Waals surface area contributed by atoms with Crippen LogP contribution in [0, 0.1) is 6.92 Å². The van der Waals surface area contributed by atoms with Crippen LogP contribution in [-0.2, 0) is 6.42 Å². The van der Waals surface area contributed by atoms with Gasteiger partial charge in [0.1, 0.15) is 0 Å². The molecule has 0 aliphatic carbocycles. The largest absolute Gasteiger partial charge is 0.307 e. The summed E-state index contributed by atoms with van der Waals surface area (Å²) in [4.78, 5) is 0. The SMILES string of the molecule is CCNC(c1ccc(CC)cc1)c1ccccc1C. The maximum absolute atomic E-state index is 3.59. The molecule has 1 unspecified atom stereocenters. The summed E-state index contributed by atoms with van der Waals surface area (Å²) in [6.45, 7) is 7.50. The van der Waals surface area contributed by atoms with Crippen LogP contribution < -0.4 is 5.32 Å². The van der Waals surface area contributed by atoms with Crippen molar-refractivity contribution in [3.05, 3.63) is 70.8 Å². The van der Waals surface area contributed by atoms with E-state index in [1.807, 2.05) is 0 Å². The van der Waals surface area contributed by atoms with Crippen molar-refractivity contribution in [1.82, 2.24) is 5.32 Å². The van der Waals surface area contributed by atoms with Gasteiger partial charge in [0.05, 0.1) is 6.04 Å². The third-order valence-electron chi connectivity index (χ3n) is 3.63. The van der Waals surface area contributed by atoms with E-state index in [-0.39, 0.29) is 6.04 Å². The van der Waals surface area contributed by atoms with Crippen molar-refractivity contribution in [3.63, 3.8) is 0 Å². The van der Waals surface area contributed by atoms with Gasteiger partial charge < -0.3 is 5.32 Å². The molecule has 2 aromatic carbocycles. The van der Waals surface area contributed by atoms with Crippen molar-refractivity contribution in [2.24, 2.45) is 0 Å². The topological polar surface area (TPSA) is 12.0 Å². The molecule has 1 nitrogen and oxygen atoms in total. The Morgan fingerprint density at radius 3 is 2.21 bits per heavy atom. The number of hydrogen-bond donors (Lipinski definition) is 1. The van der Waals surface area contributed by atoms with Crippen LogP contribution in [0.3, 0.4) is 0 Å². The fourth-order valence-corrected chi connectivity index (χ4v) is 2.47. The number of aryl methyl sites for hydroxylation is 2. The molecule has 0 bridgehead atoms. The maximum Gasteiger partial charge on any atom is 0.0579 e. The summed E-state index contributed by atoms with van der Waals surface area (Å²) in [5, 5.41) is 3.59. The van der Waals surface area contributed by atoms with Gasteiger partial charge in [-0.3, -0.25) is 0 Å². The Kier molecular flexibility index (Phi) is 4.75. The molecule has 2 aromatic rings. The van der Waals surface area contributed by atoms with Gasteiger partial charge in [0.2, 0.25) is 0 Å². The number of hydrogen-bond acceptors (Lipinski definition) is 1. The lowest BCUT2D eigenvalue weighted by atomic mass is 9.94. The molecule has 1 heteroatoms. The molecule has 0 heterocycles. The molecule has 0 aliphatic rings. The van der Waals surface area contributed by atoms with Gasteiger partial charge >= 0.3 is 0 Å². The molecule has 0 saturated carbocycles. The van der Waals surface area contributed by atoms with Crippen molar-refractivity contribution < 1.29 is 0 Å². The van der Waals surface area contributed by atoms with Crippen molar-refractivity contribution in [3.8, 4) is 0 Å². The highest BCUT2D eigenvalue weighted by Gasteiger charge is 2.14. The van der Waals surface area contributed by atoms with Gasteiger partial charge in [-0.1, -0.05) is 62.4 Å². The Bertz CT molecular complexity index is 513. The summed E-state index contributed by atoms with van der Waals surface area (Å²) in [7, 11) is 0. The summed E-state index contributed by atoms with van der Waals surface area (Å²) in [6.07, 6.45) is 1.09. The highest BCUT2D eigenvalue weighted by molar-refractivity contribution is 5.37. The minimum absolute atomic E-state index is 0.289. The zero-order valence-corrected chi connectivity index (χ0v) is 12.1. The first-order valence-corrected chi connectivity index (χ1v) is 7.14. The van der Waals surface area contributed by atoms with Crippen molar-refractivity contribution in [1.29, 1.82) is 0 Å². The molecule has 1 N–H and O–H groups in total. The first-order chi connectivity index (χ1) is 9.26. The van der Waals surface area contributed by atoms with E-state index in [0.717, 1.165) is 13.0 Å². The second kappa shape index (κ2) is 6.53. The van der Waals surface area contributed by atoms with Crippen LogP contribution in [0.4, 0.5) is 0 Å². The van der Waals surface area contributed by atoms with Crippen LogP contribution in [-0.4, -0.2) is 6.54 Å². The van der Waals surface area contributed by atoms with Gasteiger partial charge in [0.25, 0.3) is 0 Å². The van der Waals surface area contributed by atoms with E-state index in [1.54, 1.807) is 0 Å². The first-order valence-electron chi connectivity index (χ1n) is 7.14. The van der Waals surface area contributed by atoms with Gasteiger partial charge in [0, 0.05) is 0 Å². The summed E-state index contributed by atoms with van der Waals surface area (Å²) in [5.41, 5.74) is 5.44. The molecular formula is C18H23N. The van der Waals surface area contributed by atoms with Crippen LogP contribution in [0.15, 0.2) is 48.5 Å². The molecule has 0 radical (unpaired) electrons. The summed E-state index contributed by atoms with van der Waals surface area (Å²) < 4.78 is 0. The molecule has 0 spiro atoms. The van der Waals surface area contributed by atoms with E-state index in [0.29, 0.717) is 0 Å². The van der Waals surface area contributed by atoms with Crippen LogP contribution in [0.25, 0.3) is 0 Å². The quantitative estimate of drug-likeness (QED) is 0.839. The summed E-state index contributed by atoms with van der Waals surface area (Å²) in [6, 6.07) is 17.9.